The van der Waals surface area contributed by atoms with E-state index in [4.69, 9.17) is 4.74 Å². The Hall–Kier alpha value is -3.54. The number of rotatable bonds is 10. The molecule has 1 amide bonds. The maximum atomic E-state index is 13.6. The number of carbonyl (C=O) groups excluding carboxylic acids is 1. The van der Waals surface area contributed by atoms with Crippen LogP contribution >= 0.6 is 11.3 Å². The standard InChI is InChI=1S/C30H34F4N4O4S2/c1-37(2)18-28(39)38-14-11-20(12-15-38)36-25-7-4-6-22-23(17-30(32,33)34)27(43-29(22)25)8-5-13-35-24-10-9-21(44(3,40)41)16-26(24)42-19-31/h4,6-7,9-10,16,20,35-36H,11-15,17-19H2,1-3H3. The molecule has 2 heterocycles. The van der Waals surface area contributed by atoms with Crippen LogP contribution in [0.1, 0.15) is 23.3 Å². The number of thiophene rings is 1. The molecular weight excluding hydrogens is 620 g/mol. The number of likely N-dealkylation sites (N-methyl/N-ethyl adjacent to an activating group) is 1. The van der Waals surface area contributed by atoms with Gasteiger partial charge in [0.25, 0.3) is 0 Å². The van der Waals surface area contributed by atoms with Crippen LogP contribution in [0.4, 0.5) is 28.9 Å². The second-order valence-corrected chi connectivity index (χ2v) is 13.8. The molecule has 238 valence electrons. The van der Waals surface area contributed by atoms with Gasteiger partial charge in [0.2, 0.25) is 12.8 Å². The van der Waals surface area contributed by atoms with Crippen LogP contribution in [0.3, 0.4) is 0 Å². The SMILES string of the molecule is CN(C)CC(=O)N1CCC(Nc2cccc3c(CC(F)(F)F)c(C#CCNc4ccc(S(C)(=O)=O)cc4OCF)sc23)CC1. The van der Waals surface area contributed by atoms with Crippen molar-refractivity contribution in [2.75, 3.05) is 64.0 Å². The van der Waals surface area contributed by atoms with Gasteiger partial charge in [-0.3, -0.25) is 4.79 Å². The second-order valence-electron chi connectivity index (χ2n) is 10.8. The molecule has 1 fully saturated rings. The summed E-state index contributed by atoms with van der Waals surface area (Å²) >= 11 is 1.18. The first kappa shape index (κ1) is 33.4. The number of benzene rings is 2. The van der Waals surface area contributed by atoms with Gasteiger partial charge in [-0.15, -0.1) is 11.3 Å². The van der Waals surface area contributed by atoms with E-state index in [9.17, 15) is 30.8 Å². The topological polar surface area (TPSA) is 91.0 Å². The molecule has 0 saturated carbocycles. The van der Waals surface area contributed by atoms with Gasteiger partial charge in [-0.25, -0.2) is 12.8 Å². The fourth-order valence-corrected chi connectivity index (χ4v) is 6.75. The van der Waals surface area contributed by atoms with Gasteiger partial charge in [0.05, 0.1) is 45.4 Å². The van der Waals surface area contributed by atoms with Crippen molar-refractivity contribution in [1.29, 1.82) is 0 Å². The highest BCUT2D eigenvalue weighted by Gasteiger charge is 2.31. The van der Waals surface area contributed by atoms with Crippen LogP contribution in [0.5, 0.6) is 5.75 Å². The number of hydrogen-bond donors (Lipinski definition) is 2. The van der Waals surface area contributed by atoms with Gasteiger partial charge in [-0.1, -0.05) is 24.0 Å². The van der Waals surface area contributed by atoms with Crippen molar-refractivity contribution in [3.05, 3.63) is 46.8 Å². The zero-order valence-corrected chi connectivity index (χ0v) is 26.2. The van der Waals surface area contributed by atoms with E-state index in [1.807, 2.05) is 30.0 Å². The number of carbonyl (C=O) groups is 1. The highest BCUT2D eigenvalue weighted by molar-refractivity contribution is 7.90. The maximum absolute atomic E-state index is 13.6. The molecule has 3 aromatic rings. The summed E-state index contributed by atoms with van der Waals surface area (Å²) in [6, 6.07) is 9.22. The first-order chi connectivity index (χ1) is 20.7. The second kappa shape index (κ2) is 14.0. The summed E-state index contributed by atoms with van der Waals surface area (Å²) in [4.78, 5) is 16.3. The molecule has 2 aromatic carbocycles. The smallest absolute Gasteiger partial charge is 0.393 e. The predicted octanol–water partition coefficient (Wildman–Crippen LogP) is 5.14. The molecule has 44 heavy (non-hydrogen) atoms. The summed E-state index contributed by atoms with van der Waals surface area (Å²) in [5, 5.41) is 6.87. The Kier molecular flexibility index (Phi) is 10.6. The monoisotopic (exact) mass is 654 g/mol. The molecule has 2 N–H and O–H groups in total. The third-order valence-electron chi connectivity index (χ3n) is 7.01. The van der Waals surface area contributed by atoms with Crippen molar-refractivity contribution in [3.63, 3.8) is 0 Å². The van der Waals surface area contributed by atoms with Gasteiger partial charge < -0.3 is 25.2 Å². The summed E-state index contributed by atoms with van der Waals surface area (Å²) in [5.74, 6) is 5.74. The Morgan fingerprint density at radius 2 is 1.89 bits per heavy atom. The normalized spacial score (nSPS) is 14.4. The minimum atomic E-state index is -4.45. The fraction of sp³-hybridized carbons (Fsp3) is 0.433. The van der Waals surface area contributed by atoms with E-state index in [0.29, 0.717) is 42.6 Å². The highest BCUT2D eigenvalue weighted by Crippen LogP contribution is 2.39. The maximum Gasteiger partial charge on any atom is 0.393 e. The van der Waals surface area contributed by atoms with Crippen molar-refractivity contribution < 1.29 is 35.5 Å². The number of likely N-dealkylation sites (tertiary alicyclic amines) is 1. The largest absolute Gasteiger partial charge is 0.461 e. The van der Waals surface area contributed by atoms with Crippen LogP contribution in [0.15, 0.2) is 41.3 Å². The molecule has 14 heteroatoms. The minimum absolute atomic E-state index is 0.0171. The number of fused-ring (bicyclic) bond motifs is 1. The Bertz CT molecular complexity index is 1650. The third-order valence-corrected chi connectivity index (χ3v) is 9.32. The van der Waals surface area contributed by atoms with Crippen LogP contribution in [0.25, 0.3) is 10.1 Å². The molecule has 0 spiro atoms. The predicted molar refractivity (Wildman–Crippen MR) is 165 cm³/mol. The summed E-state index contributed by atoms with van der Waals surface area (Å²) in [7, 11) is 0.140. The molecule has 8 nitrogen and oxygen atoms in total. The Morgan fingerprint density at radius 3 is 2.52 bits per heavy atom. The number of anilines is 2. The molecule has 1 saturated heterocycles. The van der Waals surface area contributed by atoms with Crippen molar-refractivity contribution in [2.24, 2.45) is 0 Å². The number of sulfone groups is 1. The highest BCUT2D eigenvalue weighted by atomic mass is 32.2. The summed E-state index contributed by atoms with van der Waals surface area (Å²) in [6.07, 6.45) is -3.13. The van der Waals surface area contributed by atoms with Gasteiger partial charge in [0, 0.05) is 31.5 Å². The van der Waals surface area contributed by atoms with E-state index in [0.717, 1.165) is 11.9 Å². The molecule has 0 atom stereocenters. The van der Waals surface area contributed by atoms with E-state index in [-0.39, 0.29) is 45.3 Å². The van der Waals surface area contributed by atoms with Gasteiger partial charge in [0.1, 0.15) is 5.75 Å². The van der Waals surface area contributed by atoms with E-state index in [1.54, 1.807) is 12.1 Å². The van der Waals surface area contributed by atoms with E-state index in [2.05, 4.69) is 22.5 Å². The molecule has 4 rings (SSSR count). The number of hydrogen-bond acceptors (Lipinski definition) is 8. The van der Waals surface area contributed by atoms with Gasteiger partial charge in [-0.2, -0.15) is 13.2 Å². The molecule has 0 unspecified atom stereocenters. The number of piperidine rings is 1. The van der Waals surface area contributed by atoms with E-state index < -0.39 is 29.3 Å². The first-order valence-electron chi connectivity index (χ1n) is 13.8. The summed E-state index contributed by atoms with van der Waals surface area (Å²) < 4.78 is 83.1. The number of ether oxygens (including phenoxy) is 1. The van der Waals surface area contributed by atoms with Gasteiger partial charge in [0.15, 0.2) is 9.84 Å². The van der Waals surface area contributed by atoms with Gasteiger partial charge >= 0.3 is 6.18 Å². The molecule has 1 aromatic heterocycles. The van der Waals surface area contributed by atoms with E-state index >= 15 is 0 Å². The number of nitrogens with zero attached hydrogens (tertiary/aromatic N) is 2. The molecule has 1 aliphatic rings. The number of nitrogens with one attached hydrogen (secondary N) is 2. The van der Waals surface area contributed by atoms with Crippen LogP contribution in [0.2, 0.25) is 0 Å². The number of amides is 1. The lowest BCUT2D eigenvalue weighted by Crippen LogP contribution is -2.45. The van der Waals surface area contributed by atoms with E-state index in [1.165, 1.54) is 29.5 Å². The minimum Gasteiger partial charge on any atom is -0.461 e. The fourth-order valence-electron chi connectivity index (χ4n) is 4.95. The Balaban J connectivity index is 1.54. The molecule has 0 bridgehead atoms. The lowest BCUT2D eigenvalue weighted by atomic mass is 10.0. The lowest BCUT2D eigenvalue weighted by molar-refractivity contribution is -0.132. The molecule has 0 radical (unpaired) electrons. The van der Waals surface area contributed by atoms with Crippen LogP contribution in [-0.2, 0) is 21.1 Å². The van der Waals surface area contributed by atoms with Crippen molar-refractivity contribution in [3.8, 4) is 17.6 Å². The molecule has 0 aliphatic carbocycles. The van der Waals surface area contributed by atoms with Crippen LogP contribution < -0.4 is 15.4 Å². The zero-order valence-electron chi connectivity index (χ0n) is 24.6. The van der Waals surface area contributed by atoms with Crippen molar-refractivity contribution in [1.82, 2.24) is 9.80 Å². The molecule has 1 aliphatic heterocycles. The average molecular weight is 655 g/mol. The Labute approximate surface area is 258 Å². The Morgan fingerprint density at radius 1 is 1.16 bits per heavy atom. The van der Waals surface area contributed by atoms with Crippen molar-refractivity contribution in [2.45, 2.75) is 36.4 Å². The average Bonchev–Trinajstić information content (AvgIpc) is 3.28. The first-order valence-corrected chi connectivity index (χ1v) is 16.5. The van der Waals surface area contributed by atoms with Crippen molar-refractivity contribution >= 4 is 48.5 Å². The van der Waals surface area contributed by atoms with Gasteiger partial charge in [-0.05, 0) is 56.1 Å². The lowest BCUT2D eigenvalue weighted by Gasteiger charge is -2.33. The quantitative estimate of drug-likeness (QED) is 0.231. The number of alkyl halides is 4. The molecular formula is C30H34F4N4O4S2. The zero-order chi connectivity index (χ0) is 32.1. The third kappa shape index (κ3) is 8.77. The summed E-state index contributed by atoms with van der Waals surface area (Å²) in [6.45, 7) is 0.346. The van der Waals surface area contributed by atoms with Crippen LogP contribution in [0, 0.1) is 11.8 Å². The number of halogens is 4. The summed E-state index contributed by atoms with van der Waals surface area (Å²) in [5.41, 5.74) is 1.10. The van der Waals surface area contributed by atoms with Crippen LogP contribution in [-0.4, -0.2) is 89.7 Å².